The van der Waals surface area contributed by atoms with Crippen LogP contribution in [0, 0.1) is 0 Å². The Morgan fingerprint density at radius 3 is 2.94 bits per heavy atom. The number of aliphatic carboxylic acids is 1. The van der Waals surface area contributed by atoms with Gasteiger partial charge in [-0.3, -0.25) is 0 Å². The molecule has 6 heteroatoms. The van der Waals surface area contributed by atoms with E-state index in [1.807, 2.05) is 0 Å². The van der Waals surface area contributed by atoms with E-state index < -0.39 is 12.0 Å². The van der Waals surface area contributed by atoms with Gasteiger partial charge in [0.1, 0.15) is 6.04 Å². The van der Waals surface area contributed by atoms with Crippen molar-refractivity contribution < 1.29 is 19.4 Å². The highest BCUT2D eigenvalue weighted by molar-refractivity contribution is 5.83. The van der Waals surface area contributed by atoms with Crippen LogP contribution in [0.4, 0.5) is 4.79 Å². The third kappa shape index (κ3) is 3.37. The minimum absolute atomic E-state index is 0.291. The number of methoxy groups -OCH3 is 1. The lowest BCUT2D eigenvalue weighted by Crippen LogP contribution is -2.46. The molecule has 1 aliphatic rings. The predicted octanol–water partition coefficient (Wildman–Crippen LogP) is 0.281. The predicted molar refractivity (Wildman–Crippen MR) is 57.3 cm³/mol. The number of hydrogen-bond acceptors (Lipinski definition) is 3. The molecule has 6 nitrogen and oxygen atoms in total. The molecule has 1 rings (SSSR count). The number of carbonyl (C=O) groups excluding carboxylic acids is 1. The first kappa shape index (κ1) is 12.8. The number of nitrogens with zero attached hydrogens (tertiary/aromatic N) is 1. The first-order valence-electron chi connectivity index (χ1n) is 5.43. The number of amides is 2. The van der Waals surface area contributed by atoms with Crippen molar-refractivity contribution in [3.8, 4) is 0 Å². The van der Waals surface area contributed by atoms with Crippen molar-refractivity contribution in [2.75, 3.05) is 26.8 Å². The molecule has 1 fully saturated rings. The minimum Gasteiger partial charge on any atom is -0.480 e. The Balaban J connectivity index is 2.32. The van der Waals surface area contributed by atoms with Crippen LogP contribution >= 0.6 is 0 Å². The largest absolute Gasteiger partial charge is 0.480 e. The van der Waals surface area contributed by atoms with E-state index in [2.05, 4.69) is 5.32 Å². The Morgan fingerprint density at radius 2 is 2.31 bits per heavy atom. The van der Waals surface area contributed by atoms with Crippen molar-refractivity contribution in [1.29, 1.82) is 0 Å². The summed E-state index contributed by atoms with van der Waals surface area (Å²) in [5, 5.41) is 11.6. The van der Waals surface area contributed by atoms with Crippen LogP contribution in [0.1, 0.15) is 19.3 Å². The van der Waals surface area contributed by atoms with Crippen LogP contribution in [0.3, 0.4) is 0 Å². The molecule has 1 atom stereocenters. The normalized spacial score (nSPS) is 19.8. The van der Waals surface area contributed by atoms with Crippen molar-refractivity contribution >= 4 is 12.0 Å². The molecule has 0 aromatic rings. The molecule has 0 aliphatic carbocycles. The molecule has 2 N–H and O–H groups in total. The van der Waals surface area contributed by atoms with Crippen LogP contribution in [0.25, 0.3) is 0 Å². The highest BCUT2D eigenvalue weighted by Gasteiger charge is 2.33. The van der Waals surface area contributed by atoms with Gasteiger partial charge < -0.3 is 20.1 Å². The average Bonchev–Trinajstić information content (AvgIpc) is 2.73. The lowest BCUT2D eigenvalue weighted by molar-refractivity contribution is -0.141. The fraction of sp³-hybridized carbons (Fsp3) is 0.800. The number of rotatable bonds is 5. The molecule has 0 bridgehead atoms. The SMILES string of the molecule is COCCCNC(=O)N1CCC[C@H]1C(=O)O. The van der Waals surface area contributed by atoms with Crippen molar-refractivity contribution in [1.82, 2.24) is 10.2 Å². The Hall–Kier alpha value is -1.30. The molecule has 0 unspecified atom stereocenters. The van der Waals surface area contributed by atoms with E-state index in [9.17, 15) is 9.59 Å². The quantitative estimate of drug-likeness (QED) is 0.665. The zero-order chi connectivity index (χ0) is 12.0. The van der Waals surface area contributed by atoms with Crippen molar-refractivity contribution in [3.05, 3.63) is 0 Å². The molecule has 0 aromatic carbocycles. The molecule has 2 amide bonds. The summed E-state index contributed by atoms with van der Waals surface area (Å²) < 4.78 is 4.85. The second-order valence-corrected chi connectivity index (χ2v) is 3.77. The second-order valence-electron chi connectivity index (χ2n) is 3.77. The molecular weight excluding hydrogens is 212 g/mol. The van der Waals surface area contributed by atoms with Crippen molar-refractivity contribution in [3.63, 3.8) is 0 Å². The van der Waals surface area contributed by atoms with Gasteiger partial charge >= 0.3 is 12.0 Å². The molecule has 1 saturated heterocycles. The van der Waals surface area contributed by atoms with Gasteiger partial charge in [0, 0.05) is 26.8 Å². The van der Waals surface area contributed by atoms with Crippen molar-refractivity contribution in [2.24, 2.45) is 0 Å². The van der Waals surface area contributed by atoms with Crippen LogP contribution in [0.5, 0.6) is 0 Å². The van der Waals surface area contributed by atoms with E-state index in [1.54, 1.807) is 7.11 Å². The molecule has 1 heterocycles. The van der Waals surface area contributed by atoms with Gasteiger partial charge in [-0.1, -0.05) is 0 Å². The molecule has 0 saturated carbocycles. The fourth-order valence-corrected chi connectivity index (χ4v) is 1.78. The van der Waals surface area contributed by atoms with Gasteiger partial charge in [0.15, 0.2) is 0 Å². The lowest BCUT2D eigenvalue weighted by atomic mass is 10.2. The maximum atomic E-state index is 11.6. The number of hydrogen-bond donors (Lipinski definition) is 2. The van der Waals surface area contributed by atoms with Crippen LogP contribution < -0.4 is 5.32 Å². The smallest absolute Gasteiger partial charge is 0.326 e. The molecular formula is C10H18N2O4. The maximum Gasteiger partial charge on any atom is 0.326 e. The first-order valence-corrected chi connectivity index (χ1v) is 5.43. The monoisotopic (exact) mass is 230 g/mol. The van der Waals surface area contributed by atoms with Gasteiger partial charge in [-0.2, -0.15) is 0 Å². The van der Waals surface area contributed by atoms with Crippen molar-refractivity contribution in [2.45, 2.75) is 25.3 Å². The topological polar surface area (TPSA) is 78.9 Å². The van der Waals surface area contributed by atoms with Gasteiger partial charge in [0.2, 0.25) is 0 Å². The number of nitrogens with one attached hydrogen (secondary N) is 1. The molecule has 16 heavy (non-hydrogen) atoms. The van der Waals surface area contributed by atoms with E-state index in [4.69, 9.17) is 9.84 Å². The fourth-order valence-electron chi connectivity index (χ4n) is 1.78. The third-order valence-electron chi connectivity index (χ3n) is 2.60. The van der Waals surface area contributed by atoms with Gasteiger partial charge in [-0.25, -0.2) is 9.59 Å². The summed E-state index contributed by atoms with van der Waals surface area (Å²) in [7, 11) is 1.60. The Bertz CT molecular complexity index is 257. The average molecular weight is 230 g/mol. The molecule has 0 radical (unpaired) electrons. The highest BCUT2D eigenvalue weighted by atomic mass is 16.5. The van der Waals surface area contributed by atoms with Gasteiger partial charge in [-0.15, -0.1) is 0 Å². The zero-order valence-corrected chi connectivity index (χ0v) is 9.44. The van der Waals surface area contributed by atoms with Crippen LogP contribution in [0.15, 0.2) is 0 Å². The number of carboxylic acids is 1. The van der Waals surface area contributed by atoms with Gasteiger partial charge in [0.25, 0.3) is 0 Å². The summed E-state index contributed by atoms with van der Waals surface area (Å²) in [6, 6.07) is -0.955. The van der Waals surface area contributed by atoms with Crippen LogP contribution in [-0.2, 0) is 9.53 Å². The molecule has 92 valence electrons. The standard InChI is InChI=1S/C10H18N2O4/c1-16-7-3-5-11-10(15)12-6-2-4-8(12)9(13)14/h8H,2-7H2,1H3,(H,11,15)(H,13,14)/t8-/m0/s1. The first-order chi connectivity index (χ1) is 7.66. The Labute approximate surface area is 94.6 Å². The van der Waals surface area contributed by atoms with E-state index in [1.165, 1.54) is 4.90 Å². The van der Waals surface area contributed by atoms with E-state index in [0.29, 0.717) is 26.1 Å². The maximum absolute atomic E-state index is 11.6. The number of urea groups is 1. The van der Waals surface area contributed by atoms with Crippen LogP contribution in [-0.4, -0.2) is 54.9 Å². The van der Waals surface area contributed by atoms with E-state index >= 15 is 0 Å². The number of ether oxygens (including phenoxy) is 1. The van der Waals surface area contributed by atoms with Gasteiger partial charge in [-0.05, 0) is 19.3 Å². The third-order valence-corrected chi connectivity index (χ3v) is 2.60. The summed E-state index contributed by atoms with van der Waals surface area (Å²) in [4.78, 5) is 23.9. The van der Waals surface area contributed by atoms with Gasteiger partial charge in [0.05, 0.1) is 0 Å². The number of likely N-dealkylation sites (tertiary alicyclic amines) is 1. The summed E-state index contributed by atoms with van der Waals surface area (Å²) in [6.07, 6.45) is 2.02. The van der Waals surface area contributed by atoms with E-state index in [-0.39, 0.29) is 6.03 Å². The second kappa shape index (κ2) is 6.32. The summed E-state index contributed by atoms with van der Waals surface area (Å²) in [5.41, 5.74) is 0. The van der Waals surface area contributed by atoms with Crippen LogP contribution in [0.2, 0.25) is 0 Å². The summed E-state index contributed by atoms with van der Waals surface area (Å²) >= 11 is 0. The lowest BCUT2D eigenvalue weighted by Gasteiger charge is -2.21. The highest BCUT2D eigenvalue weighted by Crippen LogP contribution is 2.17. The molecule has 1 aliphatic heterocycles. The summed E-state index contributed by atoms with van der Waals surface area (Å²) in [5.74, 6) is -0.926. The Morgan fingerprint density at radius 1 is 1.56 bits per heavy atom. The van der Waals surface area contributed by atoms with E-state index in [0.717, 1.165) is 12.8 Å². The number of carbonyl (C=O) groups is 2. The molecule has 0 aromatic heterocycles. The zero-order valence-electron chi connectivity index (χ0n) is 9.44. The minimum atomic E-state index is -0.926. The molecule has 0 spiro atoms. The number of carboxylic acid groups (broad SMARTS) is 1. The Kier molecular flexibility index (Phi) is 5.04. The summed E-state index contributed by atoms with van der Waals surface area (Å²) in [6.45, 7) is 1.62.